The number of hydrogen-bond acceptors (Lipinski definition) is 5. The fourth-order valence-corrected chi connectivity index (χ4v) is 3.32. The van der Waals surface area contributed by atoms with Gasteiger partial charge in [0.05, 0.1) is 17.2 Å². The van der Waals surface area contributed by atoms with E-state index in [2.05, 4.69) is 9.88 Å². The van der Waals surface area contributed by atoms with Crippen molar-refractivity contribution in [2.24, 2.45) is 0 Å². The first-order chi connectivity index (χ1) is 9.85. The first-order valence-electron chi connectivity index (χ1n) is 6.47. The van der Waals surface area contributed by atoms with Gasteiger partial charge in [0.15, 0.2) is 0 Å². The Morgan fingerprint density at radius 1 is 1.29 bits per heavy atom. The van der Waals surface area contributed by atoms with Crippen molar-refractivity contribution in [3.05, 3.63) is 46.3 Å². The summed E-state index contributed by atoms with van der Waals surface area (Å²) in [5, 5.41) is 12.9. The van der Waals surface area contributed by atoms with E-state index in [-0.39, 0.29) is 18.0 Å². The van der Waals surface area contributed by atoms with Crippen molar-refractivity contribution >= 4 is 10.0 Å². The molecule has 0 saturated carbocycles. The second kappa shape index (κ2) is 5.97. The Kier molecular flexibility index (Phi) is 4.46. The summed E-state index contributed by atoms with van der Waals surface area (Å²) in [7, 11) is -3.66. The Labute approximate surface area is 123 Å². The summed E-state index contributed by atoms with van der Waals surface area (Å²) in [5.74, 6) is 0.594. The highest BCUT2D eigenvalue weighted by molar-refractivity contribution is 7.89. The summed E-state index contributed by atoms with van der Waals surface area (Å²) in [5.41, 5.74) is 2.57. The zero-order chi connectivity index (χ0) is 15.6. The van der Waals surface area contributed by atoms with E-state index in [0.717, 1.165) is 5.56 Å². The normalized spacial score (nSPS) is 11.8. The molecule has 0 aliphatic carbocycles. The van der Waals surface area contributed by atoms with Gasteiger partial charge < -0.3 is 9.63 Å². The first kappa shape index (κ1) is 15.7. The fraction of sp³-hybridized carbons (Fsp3) is 0.357. The molecule has 0 unspecified atom stereocenters. The van der Waals surface area contributed by atoms with E-state index in [1.54, 1.807) is 32.9 Å². The van der Waals surface area contributed by atoms with Crippen molar-refractivity contribution < 1.29 is 18.0 Å². The number of aryl methyl sites for hydroxylation is 3. The summed E-state index contributed by atoms with van der Waals surface area (Å²) in [4.78, 5) is 0.167. The van der Waals surface area contributed by atoms with Crippen LogP contribution in [0.15, 0.2) is 27.6 Å². The second-order valence-corrected chi connectivity index (χ2v) is 6.62. The lowest BCUT2D eigenvalue weighted by Gasteiger charge is -2.10. The number of nitrogens with zero attached hydrogens (tertiary/aromatic N) is 1. The van der Waals surface area contributed by atoms with E-state index >= 15 is 0 Å². The Hall–Kier alpha value is -1.70. The molecule has 2 rings (SSSR count). The number of nitrogens with one attached hydrogen (secondary N) is 1. The molecule has 1 aromatic carbocycles. The second-order valence-electron chi connectivity index (χ2n) is 4.89. The van der Waals surface area contributed by atoms with Crippen LogP contribution in [0.4, 0.5) is 0 Å². The number of aliphatic hydroxyl groups is 1. The molecule has 0 spiro atoms. The van der Waals surface area contributed by atoms with Crippen LogP contribution in [-0.2, 0) is 23.2 Å². The maximum Gasteiger partial charge on any atom is 0.241 e. The van der Waals surface area contributed by atoms with E-state index in [4.69, 9.17) is 9.63 Å². The number of benzene rings is 1. The van der Waals surface area contributed by atoms with Crippen LogP contribution in [-0.4, -0.2) is 18.7 Å². The van der Waals surface area contributed by atoms with Gasteiger partial charge in [-0.05, 0) is 38.0 Å². The largest absolute Gasteiger partial charge is 0.392 e. The van der Waals surface area contributed by atoms with Gasteiger partial charge in [-0.3, -0.25) is 0 Å². The standard InChI is InChI=1S/C14H18N2O4S/c1-9-4-5-12(8-17)6-14(9)21(18,19)15-7-13-10(2)16-20-11(13)3/h4-6,15,17H,7-8H2,1-3H3. The minimum absolute atomic E-state index is 0.117. The molecular weight excluding hydrogens is 292 g/mol. The maximum absolute atomic E-state index is 12.4. The van der Waals surface area contributed by atoms with Gasteiger partial charge in [-0.25, -0.2) is 13.1 Å². The van der Waals surface area contributed by atoms with Crippen molar-refractivity contribution in [1.82, 2.24) is 9.88 Å². The number of aliphatic hydroxyl groups excluding tert-OH is 1. The van der Waals surface area contributed by atoms with Crippen LogP contribution in [0.3, 0.4) is 0 Å². The zero-order valence-electron chi connectivity index (χ0n) is 12.2. The molecule has 1 heterocycles. The Morgan fingerprint density at radius 2 is 2.00 bits per heavy atom. The molecule has 0 amide bonds. The number of sulfonamides is 1. The summed E-state index contributed by atoms with van der Waals surface area (Å²) >= 11 is 0. The van der Waals surface area contributed by atoms with E-state index in [1.165, 1.54) is 6.07 Å². The van der Waals surface area contributed by atoms with E-state index < -0.39 is 10.0 Å². The topological polar surface area (TPSA) is 92.4 Å². The van der Waals surface area contributed by atoms with Gasteiger partial charge >= 0.3 is 0 Å². The van der Waals surface area contributed by atoms with Gasteiger partial charge in [0.25, 0.3) is 0 Å². The molecule has 0 aliphatic rings. The molecular formula is C14H18N2O4S. The van der Waals surface area contributed by atoms with Gasteiger partial charge in [-0.15, -0.1) is 0 Å². The zero-order valence-corrected chi connectivity index (χ0v) is 13.0. The van der Waals surface area contributed by atoms with Gasteiger partial charge in [-0.2, -0.15) is 0 Å². The highest BCUT2D eigenvalue weighted by Gasteiger charge is 2.19. The monoisotopic (exact) mass is 310 g/mol. The number of hydrogen-bond donors (Lipinski definition) is 2. The summed E-state index contributed by atoms with van der Waals surface area (Å²) in [6, 6.07) is 4.85. The van der Waals surface area contributed by atoms with E-state index in [9.17, 15) is 8.42 Å². The number of aromatic nitrogens is 1. The summed E-state index contributed by atoms with van der Waals surface area (Å²) < 4.78 is 32.3. The van der Waals surface area contributed by atoms with Crippen molar-refractivity contribution in [2.75, 3.05) is 0 Å². The SMILES string of the molecule is Cc1ccc(CO)cc1S(=O)(=O)NCc1c(C)noc1C. The van der Waals surface area contributed by atoms with E-state index in [1.807, 2.05) is 0 Å². The third-order valence-corrected chi connectivity index (χ3v) is 4.89. The molecule has 0 fully saturated rings. The predicted octanol–water partition coefficient (Wildman–Crippen LogP) is 1.57. The van der Waals surface area contributed by atoms with E-state index in [0.29, 0.717) is 22.6 Å². The molecule has 1 aromatic heterocycles. The van der Waals surface area contributed by atoms with Gasteiger partial charge in [-0.1, -0.05) is 17.3 Å². The molecule has 7 heteroatoms. The lowest BCUT2D eigenvalue weighted by molar-refractivity contribution is 0.281. The third kappa shape index (κ3) is 3.31. The Morgan fingerprint density at radius 3 is 2.57 bits per heavy atom. The summed E-state index contributed by atoms with van der Waals surface area (Å²) in [6.07, 6.45) is 0. The molecule has 0 aliphatic heterocycles. The number of rotatable bonds is 5. The molecule has 0 atom stereocenters. The van der Waals surface area contributed by atoms with Crippen molar-refractivity contribution in [3.63, 3.8) is 0 Å². The average Bonchev–Trinajstić information content (AvgIpc) is 2.76. The van der Waals surface area contributed by atoms with Crippen molar-refractivity contribution in [2.45, 2.75) is 38.8 Å². The van der Waals surface area contributed by atoms with Crippen LogP contribution < -0.4 is 4.72 Å². The molecule has 0 radical (unpaired) electrons. The van der Waals surface area contributed by atoms with Crippen LogP contribution >= 0.6 is 0 Å². The summed E-state index contributed by atoms with van der Waals surface area (Å²) in [6.45, 7) is 5.13. The molecule has 114 valence electrons. The lowest BCUT2D eigenvalue weighted by atomic mass is 10.2. The van der Waals surface area contributed by atoms with Crippen LogP contribution in [0.5, 0.6) is 0 Å². The maximum atomic E-state index is 12.4. The van der Waals surface area contributed by atoms with Crippen LogP contribution in [0, 0.1) is 20.8 Å². The molecule has 21 heavy (non-hydrogen) atoms. The molecule has 0 saturated heterocycles. The quantitative estimate of drug-likeness (QED) is 0.874. The van der Waals surface area contributed by atoms with Crippen LogP contribution in [0.1, 0.15) is 28.1 Å². The van der Waals surface area contributed by atoms with Gasteiger partial charge in [0.2, 0.25) is 10.0 Å². The average molecular weight is 310 g/mol. The lowest BCUT2D eigenvalue weighted by Crippen LogP contribution is -2.24. The molecule has 2 N–H and O–H groups in total. The van der Waals surface area contributed by atoms with Crippen LogP contribution in [0.25, 0.3) is 0 Å². The smallest absolute Gasteiger partial charge is 0.241 e. The van der Waals surface area contributed by atoms with Gasteiger partial charge in [0, 0.05) is 12.1 Å². The first-order valence-corrected chi connectivity index (χ1v) is 7.95. The minimum atomic E-state index is -3.66. The van der Waals surface area contributed by atoms with Crippen molar-refractivity contribution in [1.29, 1.82) is 0 Å². The van der Waals surface area contributed by atoms with Gasteiger partial charge in [0.1, 0.15) is 5.76 Å². The Bertz CT molecular complexity index is 731. The fourth-order valence-electron chi connectivity index (χ4n) is 2.03. The minimum Gasteiger partial charge on any atom is -0.392 e. The van der Waals surface area contributed by atoms with Crippen molar-refractivity contribution in [3.8, 4) is 0 Å². The highest BCUT2D eigenvalue weighted by atomic mass is 32.2. The molecule has 2 aromatic rings. The molecule has 0 bridgehead atoms. The van der Waals surface area contributed by atoms with Crippen LogP contribution in [0.2, 0.25) is 0 Å². The highest BCUT2D eigenvalue weighted by Crippen LogP contribution is 2.18. The third-order valence-electron chi connectivity index (χ3n) is 3.34. The predicted molar refractivity (Wildman–Crippen MR) is 77.1 cm³/mol. The Balaban J connectivity index is 2.27. The molecule has 6 nitrogen and oxygen atoms in total.